The zero-order chi connectivity index (χ0) is 23.3. The fraction of sp³-hybridized carbons (Fsp3) is 0.520. The number of aromatic nitrogens is 4. The molecule has 1 aliphatic heterocycles. The first-order valence-electron chi connectivity index (χ1n) is 12.2. The lowest BCUT2D eigenvalue weighted by molar-refractivity contribution is 0.122. The van der Waals surface area contributed by atoms with Crippen LogP contribution in [0.4, 0.5) is 17.3 Å². The SMILES string of the molecule is CC(C)Nc1cnc(NC2CCC(Oc3cc(N4CCOCC4)cc4nccnc34)CC2)nc1. The van der Waals surface area contributed by atoms with Crippen LogP contribution in [0.1, 0.15) is 39.5 Å². The number of anilines is 3. The van der Waals surface area contributed by atoms with Crippen LogP contribution in [0.2, 0.25) is 0 Å². The van der Waals surface area contributed by atoms with Crippen molar-refractivity contribution in [3.63, 3.8) is 0 Å². The Morgan fingerprint density at radius 3 is 2.44 bits per heavy atom. The minimum absolute atomic E-state index is 0.154. The molecule has 5 rings (SSSR count). The monoisotopic (exact) mass is 463 g/mol. The third-order valence-electron chi connectivity index (χ3n) is 6.31. The normalized spacial score (nSPS) is 21.0. The Hall–Kier alpha value is -3.20. The van der Waals surface area contributed by atoms with Crippen molar-refractivity contribution in [1.82, 2.24) is 19.9 Å². The minimum atomic E-state index is 0.154. The zero-order valence-electron chi connectivity index (χ0n) is 19.9. The Balaban J connectivity index is 1.21. The summed E-state index contributed by atoms with van der Waals surface area (Å²) in [6.07, 6.45) is 11.2. The summed E-state index contributed by atoms with van der Waals surface area (Å²) in [7, 11) is 0. The molecular formula is C25H33N7O2. The Morgan fingerprint density at radius 2 is 1.71 bits per heavy atom. The van der Waals surface area contributed by atoms with Crippen molar-refractivity contribution >= 4 is 28.4 Å². The van der Waals surface area contributed by atoms with Crippen LogP contribution in [0.3, 0.4) is 0 Å². The molecule has 1 aliphatic carbocycles. The van der Waals surface area contributed by atoms with Gasteiger partial charge >= 0.3 is 0 Å². The van der Waals surface area contributed by atoms with E-state index in [0.717, 1.165) is 80.1 Å². The van der Waals surface area contributed by atoms with Crippen LogP contribution < -0.4 is 20.3 Å². The van der Waals surface area contributed by atoms with E-state index in [1.165, 1.54) is 0 Å². The van der Waals surface area contributed by atoms with E-state index in [1.807, 2.05) is 12.4 Å². The van der Waals surface area contributed by atoms with E-state index in [1.54, 1.807) is 12.4 Å². The van der Waals surface area contributed by atoms with Crippen LogP contribution in [0.25, 0.3) is 11.0 Å². The van der Waals surface area contributed by atoms with Crippen molar-refractivity contribution < 1.29 is 9.47 Å². The molecule has 2 N–H and O–H groups in total. The second-order valence-electron chi connectivity index (χ2n) is 9.30. The summed E-state index contributed by atoms with van der Waals surface area (Å²) < 4.78 is 12.0. The van der Waals surface area contributed by atoms with Gasteiger partial charge in [0.15, 0.2) is 0 Å². The molecule has 1 saturated carbocycles. The topological polar surface area (TPSA) is 97.3 Å². The van der Waals surface area contributed by atoms with Gasteiger partial charge in [0.05, 0.1) is 42.9 Å². The molecule has 34 heavy (non-hydrogen) atoms. The fourth-order valence-corrected chi connectivity index (χ4v) is 4.62. The number of benzene rings is 1. The maximum atomic E-state index is 6.52. The van der Waals surface area contributed by atoms with Gasteiger partial charge in [0.1, 0.15) is 11.3 Å². The van der Waals surface area contributed by atoms with E-state index in [4.69, 9.17) is 9.47 Å². The van der Waals surface area contributed by atoms with Gasteiger partial charge in [-0.25, -0.2) is 15.0 Å². The number of hydrogen-bond acceptors (Lipinski definition) is 9. The maximum Gasteiger partial charge on any atom is 0.222 e. The van der Waals surface area contributed by atoms with Gasteiger partial charge in [0, 0.05) is 49.3 Å². The standard InChI is InChI=1S/C25H33N7O2/c1-17(2)30-19-15-28-25(29-16-19)31-18-3-5-21(6-4-18)34-23-14-20(32-9-11-33-12-10-32)13-22-24(23)27-8-7-26-22/h7-8,13-18,21,30H,3-6,9-12H2,1-2H3,(H,28,29,31). The number of nitrogens with zero attached hydrogens (tertiary/aromatic N) is 5. The van der Waals surface area contributed by atoms with E-state index in [-0.39, 0.29) is 6.10 Å². The molecule has 2 fully saturated rings. The number of hydrogen-bond donors (Lipinski definition) is 2. The van der Waals surface area contributed by atoms with Crippen molar-refractivity contribution in [3.05, 3.63) is 36.9 Å². The second kappa shape index (κ2) is 10.4. The van der Waals surface area contributed by atoms with Gasteiger partial charge in [0.25, 0.3) is 0 Å². The van der Waals surface area contributed by atoms with Gasteiger partial charge in [-0.05, 0) is 45.6 Å². The summed E-state index contributed by atoms with van der Waals surface area (Å²) >= 11 is 0. The molecule has 180 valence electrons. The Kier molecular flexibility index (Phi) is 6.89. The van der Waals surface area contributed by atoms with Crippen LogP contribution in [0, 0.1) is 0 Å². The lowest BCUT2D eigenvalue weighted by Gasteiger charge is -2.31. The Morgan fingerprint density at radius 1 is 0.971 bits per heavy atom. The van der Waals surface area contributed by atoms with E-state index in [9.17, 15) is 0 Å². The molecule has 1 saturated heterocycles. The predicted molar refractivity (Wildman–Crippen MR) is 134 cm³/mol. The van der Waals surface area contributed by atoms with Gasteiger partial charge in [-0.15, -0.1) is 0 Å². The smallest absolute Gasteiger partial charge is 0.222 e. The Labute approximate surface area is 200 Å². The summed E-state index contributed by atoms with van der Waals surface area (Å²) in [5, 5.41) is 6.80. The molecule has 0 spiro atoms. The van der Waals surface area contributed by atoms with E-state index < -0.39 is 0 Å². The molecule has 9 nitrogen and oxygen atoms in total. The van der Waals surface area contributed by atoms with Gasteiger partial charge in [-0.3, -0.25) is 4.98 Å². The molecule has 1 aromatic carbocycles. The van der Waals surface area contributed by atoms with Crippen molar-refractivity contribution in [2.24, 2.45) is 0 Å². The van der Waals surface area contributed by atoms with Crippen LogP contribution in [0.15, 0.2) is 36.9 Å². The fourth-order valence-electron chi connectivity index (χ4n) is 4.62. The molecule has 0 radical (unpaired) electrons. The highest BCUT2D eigenvalue weighted by Crippen LogP contribution is 2.33. The summed E-state index contributed by atoms with van der Waals surface area (Å²) in [5.41, 5.74) is 3.74. The van der Waals surface area contributed by atoms with Crippen LogP contribution in [-0.2, 0) is 4.74 Å². The first-order valence-corrected chi connectivity index (χ1v) is 12.2. The van der Waals surface area contributed by atoms with E-state index >= 15 is 0 Å². The van der Waals surface area contributed by atoms with Crippen LogP contribution in [0.5, 0.6) is 5.75 Å². The van der Waals surface area contributed by atoms with Crippen molar-refractivity contribution in [2.45, 2.75) is 57.7 Å². The highest BCUT2D eigenvalue weighted by molar-refractivity contribution is 5.85. The highest BCUT2D eigenvalue weighted by atomic mass is 16.5. The van der Waals surface area contributed by atoms with Gasteiger partial charge in [-0.1, -0.05) is 0 Å². The molecule has 0 unspecified atom stereocenters. The number of nitrogens with one attached hydrogen (secondary N) is 2. The van der Waals surface area contributed by atoms with Gasteiger partial charge in [-0.2, -0.15) is 0 Å². The lowest BCUT2D eigenvalue weighted by atomic mass is 9.93. The summed E-state index contributed by atoms with van der Waals surface area (Å²) in [6.45, 7) is 7.43. The molecule has 3 aromatic rings. The van der Waals surface area contributed by atoms with Gasteiger partial charge < -0.3 is 25.0 Å². The molecule has 2 aromatic heterocycles. The van der Waals surface area contributed by atoms with Crippen molar-refractivity contribution in [2.75, 3.05) is 41.8 Å². The first-order chi connectivity index (χ1) is 16.6. The number of fused-ring (bicyclic) bond motifs is 1. The number of ether oxygens (including phenoxy) is 2. The summed E-state index contributed by atoms with van der Waals surface area (Å²) in [5.74, 6) is 1.50. The quantitative estimate of drug-likeness (QED) is 0.541. The summed E-state index contributed by atoms with van der Waals surface area (Å²) in [6, 6.07) is 4.92. The van der Waals surface area contributed by atoms with Crippen LogP contribution >= 0.6 is 0 Å². The third-order valence-corrected chi connectivity index (χ3v) is 6.31. The first kappa shape index (κ1) is 22.6. The number of rotatable bonds is 7. The van der Waals surface area contributed by atoms with Gasteiger partial charge in [0.2, 0.25) is 5.95 Å². The van der Waals surface area contributed by atoms with E-state index in [0.29, 0.717) is 18.0 Å². The van der Waals surface area contributed by atoms with E-state index in [2.05, 4.69) is 61.4 Å². The molecule has 0 atom stereocenters. The predicted octanol–water partition coefficient (Wildman–Crippen LogP) is 3.88. The summed E-state index contributed by atoms with van der Waals surface area (Å²) in [4.78, 5) is 20.3. The average molecular weight is 464 g/mol. The minimum Gasteiger partial charge on any atom is -0.488 e. The Bertz CT molecular complexity index is 1080. The highest BCUT2D eigenvalue weighted by Gasteiger charge is 2.24. The molecule has 9 heteroatoms. The molecule has 0 amide bonds. The molecule has 3 heterocycles. The largest absolute Gasteiger partial charge is 0.488 e. The zero-order valence-corrected chi connectivity index (χ0v) is 19.9. The van der Waals surface area contributed by atoms with Crippen LogP contribution in [-0.4, -0.2) is 64.4 Å². The maximum absolute atomic E-state index is 6.52. The van der Waals surface area contributed by atoms with Crippen molar-refractivity contribution in [1.29, 1.82) is 0 Å². The van der Waals surface area contributed by atoms with Crippen molar-refractivity contribution in [3.8, 4) is 5.75 Å². The second-order valence-corrected chi connectivity index (χ2v) is 9.30. The number of morpholine rings is 1. The molecule has 2 aliphatic rings. The third kappa shape index (κ3) is 5.47. The lowest BCUT2D eigenvalue weighted by Crippen LogP contribution is -2.36. The molecule has 0 bridgehead atoms. The molecular weight excluding hydrogens is 430 g/mol. The average Bonchev–Trinajstić information content (AvgIpc) is 2.86.